The van der Waals surface area contributed by atoms with Crippen molar-refractivity contribution in [1.82, 2.24) is 19.7 Å². The Kier molecular flexibility index (Phi) is 7.25. The Labute approximate surface area is 192 Å². The van der Waals surface area contributed by atoms with E-state index in [0.29, 0.717) is 10.5 Å². The van der Waals surface area contributed by atoms with E-state index in [2.05, 4.69) is 36.5 Å². The fourth-order valence-corrected chi connectivity index (χ4v) is 5.05. The Morgan fingerprint density at radius 1 is 1.10 bits per heavy atom. The number of carbonyl (C=O) groups excluding carboxylic acids is 1. The number of aryl methyl sites for hydroxylation is 1. The van der Waals surface area contributed by atoms with E-state index < -0.39 is 0 Å². The molecule has 0 aliphatic heterocycles. The Hall–Kier alpha value is -2.38. The molecule has 1 saturated carbocycles. The van der Waals surface area contributed by atoms with Crippen molar-refractivity contribution < 1.29 is 4.79 Å². The van der Waals surface area contributed by atoms with Crippen LogP contribution in [0.2, 0.25) is 0 Å². The van der Waals surface area contributed by atoms with E-state index in [1.807, 2.05) is 34.9 Å². The molecule has 0 atom stereocenters. The van der Waals surface area contributed by atoms with Crippen LogP contribution in [-0.4, -0.2) is 26.3 Å². The van der Waals surface area contributed by atoms with E-state index in [1.54, 1.807) is 16.4 Å². The maximum atomic E-state index is 12.7. The van der Waals surface area contributed by atoms with E-state index in [-0.39, 0.29) is 18.5 Å². The van der Waals surface area contributed by atoms with Crippen molar-refractivity contribution in [3.05, 3.63) is 70.8 Å². The maximum absolute atomic E-state index is 12.7. The van der Waals surface area contributed by atoms with Gasteiger partial charge in [0, 0.05) is 16.6 Å². The first-order valence-corrected chi connectivity index (χ1v) is 12.2. The number of rotatable bonds is 7. The molecular weight excluding hydrogens is 424 g/mol. The molecule has 1 amide bonds. The molecule has 5 nitrogen and oxygen atoms in total. The molecule has 4 rings (SSSR count). The fourth-order valence-electron chi connectivity index (χ4n) is 3.92. The van der Waals surface area contributed by atoms with Gasteiger partial charge in [0.15, 0.2) is 0 Å². The van der Waals surface area contributed by atoms with Crippen LogP contribution in [0.3, 0.4) is 0 Å². The number of carbonyl (C=O) groups is 1. The third kappa shape index (κ3) is 5.66. The van der Waals surface area contributed by atoms with Crippen LogP contribution in [0.4, 0.5) is 0 Å². The minimum absolute atomic E-state index is 0.0153. The first kappa shape index (κ1) is 21.8. The highest BCUT2D eigenvalue weighted by Crippen LogP contribution is 2.24. The van der Waals surface area contributed by atoms with Gasteiger partial charge in [0.2, 0.25) is 10.7 Å². The van der Waals surface area contributed by atoms with Gasteiger partial charge in [-0.1, -0.05) is 55.2 Å². The standard InChI is InChI=1S/C24H28N4OS2/c1-18-12-14-21(15-13-18)31-17-22-26-27(16-23(29)25-19-8-4-2-5-9-19)24(30)28(22)20-10-6-3-7-11-20/h3,6-7,10-15,19H,2,4-5,8-9,16-17H2,1H3,(H,25,29). The minimum Gasteiger partial charge on any atom is -0.352 e. The number of aromatic nitrogens is 3. The molecule has 3 aromatic rings. The number of para-hydroxylation sites is 1. The Balaban J connectivity index is 1.55. The first-order chi connectivity index (χ1) is 15.1. The van der Waals surface area contributed by atoms with Crippen molar-refractivity contribution in [2.45, 2.75) is 62.3 Å². The van der Waals surface area contributed by atoms with Crippen molar-refractivity contribution in [1.29, 1.82) is 0 Å². The third-order valence-electron chi connectivity index (χ3n) is 5.57. The summed E-state index contributed by atoms with van der Waals surface area (Å²) < 4.78 is 4.18. The molecule has 1 aliphatic carbocycles. The van der Waals surface area contributed by atoms with Gasteiger partial charge < -0.3 is 5.32 Å². The van der Waals surface area contributed by atoms with E-state index in [1.165, 1.54) is 29.7 Å². The lowest BCUT2D eigenvalue weighted by Gasteiger charge is -2.22. The lowest BCUT2D eigenvalue weighted by molar-refractivity contribution is -0.122. The van der Waals surface area contributed by atoms with Crippen molar-refractivity contribution >= 4 is 29.9 Å². The van der Waals surface area contributed by atoms with Gasteiger partial charge in [0.25, 0.3) is 0 Å². The topological polar surface area (TPSA) is 51.9 Å². The van der Waals surface area contributed by atoms with Crippen LogP contribution in [0.5, 0.6) is 0 Å². The quantitative estimate of drug-likeness (QED) is 0.382. The van der Waals surface area contributed by atoms with E-state index >= 15 is 0 Å². The summed E-state index contributed by atoms with van der Waals surface area (Å²) in [6.45, 7) is 2.23. The zero-order valence-electron chi connectivity index (χ0n) is 17.8. The van der Waals surface area contributed by atoms with Crippen LogP contribution in [0.15, 0.2) is 59.5 Å². The number of nitrogens with one attached hydrogen (secondary N) is 1. The highest BCUT2D eigenvalue weighted by Gasteiger charge is 2.18. The van der Waals surface area contributed by atoms with Gasteiger partial charge in [0.1, 0.15) is 12.4 Å². The number of thioether (sulfide) groups is 1. The lowest BCUT2D eigenvalue weighted by Crippen LogP contribution is -2.38. The highest BCUT2D eigenvalue weighted by molar-refractivity contribution is 7.98. The normalized spacial score (nSPS) is 14.5. The average molecular weight is 453 g/mol. The van der Waals surface area contributed by atoms with Crippen LogP contribution in [0, 0.1) is 11.7 Å². The summed E-state index contributed by atoms with van der Waals surface area (Å²) >= 11 is 7.46. The predicted octanol–water partition coefficient (Wildman–Crippen LogP) is 5.45. The molecule has 0 spiro atoms. The molecular formula is C24H28N4OS2. The minimum atomic E-state index is -0.0153. The zero-order valence-corrected chi connectivity index (χ0v) is 19.4. The van der Waals surface area contributed by atoms with Gasteiger partial charge in [-0.05, 0) is 56.2 Å². The van der Waals surface area contributed by atoms with Gasteiger partial charge in [-0.2, -0.15) is 5.10 Å². The number of hydrogen-bond donors (Lipinski definition) is 1. The average Bonchev–Trinajstić information content (AvgIpc) is 3.09. The summed E-state index contributed by atoms with van der Waals surface area (Å²) in [4.78, 5) is 13.8. The van der Waals surface area contributed by atoms with Crippen molar-refractivity contribution in [3.8, 4) is 5.69 Å². The molecule has 1 N–H and O–H groups in total. The van der Waals surface area contributed by atoms with Crippen LogP contribution < -0.4 is 5.32 Å². The monoisotopic (exact) mass is 452 g/mol. The Morgan fingerprint density at radius 2 is 1.81 bits per heavy atom. The summed E-state index contributed by atoms with van der Waals surface area (Å²) in [6.07, 6.45) is 5.77. The largest absolute Gasteiger partial charge is 0.352 e. The molecule has 1 heterocycles. The van der Waals surface area contributed by atoms with Gasteiger partial charge in [-0.3, -0.25) is 9.36 Å². The van der Waals surface area contributed by atoms with Crippen LogP contribution in [-0.2, 0) is 17.1 Å². The molecule has 0 radical (unpaired) electrons. The maximum Gasteiger partial charge on any atom is 0.242 e. The van der Waals surface area contributed by atoms with Crippen LogP contribution in [0.25, 0.3) is 5.69 Å². The molecule has 31 heavy (non-hydrogen) atoms. The number of hydrogen-bond acceptors (Lipinski definition) is 4. The third-order valence-corrected chi connectivity index (χ3v) is 6.97. The van der Waals surface area contributed by atoms with Crippen LogP contribution >= 0.6 is 24.0 Å². The van der Waals surface area contributed by atoms with Crippen molar-refractivity contribution in [2.24, 2.45) is 0 Å². The number of nitrogens with zero attached hydrogens (tertiary/aromatic N) is 3. The molecule has 1 aliphatic rings. The fraction of sp³-hybridized carbons (Fsp3) is 0.375. The summed E-state index contributed by atoms with van der Waals surface area (Å²) in [6, 6.07) is 18.7. The van der Waals surface area contributed by atoms with E-state index in [0.717, 1.165) is 24.4 Å². The molecule has 7 heteroatoms. The second-order valence-corrected chi connectivity index (χ2v) is 9.45. The Morgan fingerprint density at radius 3 is 2.52 bits per heavy atom. The molecule has 1 aromatic heterocycles. The lowest BCUT2D eigenvalue weighted by atomic mass is 9.95. The predicted molar refractivity (Wildman–Crippen MR) is 128 cm³/mol. The van der Waals surface area contributed by atoms with Crippen molar-refractivity contribution in [3.63, 3.8) is 0 Å². The van der Waals surface area contributed by atoms with Crippen LogP contribution in [0.1, 0.15) is 43.5 Å². The summed E-state index contributed by atoms with van der Waals surface area (Å²) in [5.41, 5.74) is 2.20. The molecule has 2 aromatic carbocycles. The first-order valence-electron chi connectivity index (χ1n) is 10.8. The van der Waals surface area contributed by atoms with Gasteiger partial charge >= 0.3 is 0 Å². The van der Waals surface area contributed by atoms with Gasteiger partial charge in [-0.25, -0.2) is 4.68 Å². The second-order valence-electron chi connectivity index (χ2n) is 8.03. The second kappa shape index (κ2) is 10.3. The molecule has 0 saturated heterocycles. The smallest absolute Gasteiger partial charge is 0.242 e. The molecule has 162 valence electrons. The van der Waals surface area contributed by atoms with Crippen molar-refractivity contribution in [2.75, 3.05) is 0 Å². The van der Waals surface area contributed by atoms with E-state index in [9.17, 15) is 4.79 Å². The number of benzene rings is 2. The summed E-state index contributed by atoms with van der Waals surface area (Å²) in [5, 5.41) is 7.91. The van der Waals surface area contributed by atoms with Gasteiger partial charge in [0.05, 0.1) is 5.75 Å². The van der Waals surface area contributed by atoms with Gasteiger partial charge in [-0.15, -0.1) is 11.8 Å². The molecule has 1 fully saturated rings. The van der Waals surface area contributed by atoms with E-state index in [4.69, 9.17) is 17.3 Å². The molecule has 0 bridgehead atoms. The summed E-state index contributed by atoms with van der Waals surface area (Å²) in [7, 11) is 0. The SMILES string of the molecule is Cc1ccc(SCc2nn(CC(=O)NC3CCCCC3)c(=S)n2-c2ccccc2)cc1. The number of amides is 1. The zero-order chi connectivity index (χ0) is 21.6. The Bertz CT molecular complexity index is 1070. The summed E-state index contributed by atoms with van der Waals surface area (Å²) in [5.74, 6) is 1.49. The highest BCUT2D eigenvalue weighted by atomic mass is 32.2. The molecule has 0 unspecified atom stereocenters.